The van der Waals surface area contributed by atoms with E-state index in [2.05, 4.69) is 16.0 Å². The summed E-state index contributed by atoms with van der Waals surface area (Å²) in [6.07, 6.45) is -0.140. The van der Waals surface area contributed by atoms with Gasteiger partial charge >= 0.3 is 6.09 Å². The Balaban J connectivity index is 2.38. The number of anilines is 1. The molecule has 0 saturated heterocycles. The number of nitrogens with one attached hydrogen (secondary N) is 3. The summed E-state index contributed by atoms with van der Waals surface area (Å²) in [4.78, 5) is 35.0. The second-order valence-corrected chi connectivity index (χ2v) is 7.48. The Labute approximate surface area is 154 Å². The van der Waals surface area contributed by atoms with Crippen molar-refractivity contribution < 1.29 is 19.1 Å². The Morgan fingerprint density at radius 1 is 1.00 bits per heavy atom. The van der Waals surface area contributed by atoms with Gasteiger partial charge in [0.15, 0.2) is 0 Å². The van der Waals surface area contributed by atoms with Crippen LogP contribution in [-0.2, 0) is 20.9 Å². The van der Waals surface area contributed by atoms with E-state index in [9.17, 15) is 14.4 Å². The molecule has 0 bridgehead atoms. The van der Waals surface area contributed by atoms with Crippen molar-refractivity contribution in [3.63, 3.8) is 0 Å². The monoisotopic (exact) mass is 363 g/mol. The molecule has 1 aromatic carbocycles. The van der Waals surface area contributed by atoms with Gasteiger partial charge in [0.2, 0.25) is 11.8 Å². The Hall–Kier alpha value is -2.57. The zero-order valence-electron chi connectivity index (χ0n) is 16.1. The third-order valence-corrected chi connectivity index (χ3v) is 3.11. The maximum absolute atomic E-state index is 11.8. The number of alkyl carbamates (subject to hydrolysis) is 1. The molecule has 0 aliphatic rings. The van der Waals surface area contributed by atoms with Gasteiger partial charge < -0.3 is 20.7 Å². The predicted molar refractivity (Wildman–Crippen MR) is 101 cm³/mol. The van der Waals surface area contributed by atoms with Crippen LogP contribution in [0.3, 0.4) is 0 Å². The smallest absolute Gasteiger partial charge is 0.408 e. The van der Waals surface area contributed by atoms with Crippen molar-refractivity contribution in [1.29, 1.82) is 0 Å². The predicted octanol–water partition coefficient (Wildman–Crippen LogP) is 2.81. The van der Waals surface area contributed by atoms with Crippen LogP contribution in [0.25, 0.3) is 0 Å². The van der Waals surface area contributed by atoms with Gasteiger partial charge in [-0.3, -0.25) is 9.59 Å². The fraction of sp³-hybridized carbons (Fsp3) is 0.526. The number of hydrogen-bond donors (Lipinski definition) is 3. The Bertz CT molecular complexity index is 619. The van der Waals surface area contributed by atoms with E-state index in [1.54, 1.807) is 32.9 Å². The molecule has 1 rings (SSSR count). The maximum atomic E-state index is 11.8. The molecule has 0 saturated carbocycles. The second-order valence-electron chi connectivity index (χ2n) is 7.48. The minimum atomic E-state index is -0.639. The van der Waals surface area contributed by atoms with Gasteiger partial charge in [0.05, 0.1) is 0 Å². The first kappa shape index (κ1) is 21.5. The zero-order chi connectivity index (χ0) is 19.7. The van der Waals surface area contributed by atoms with Crippen LogP contribution in [0.4, 0.5) is 10.5 Å². The van der Waals surface area contributed by atoms with E-state index in [4.69, 9.17) is 4.74 Å². The standard InChI is InChI=1S/C19H29N3O4/c1-13(2)10-16(23)20-11-14-6-8-15(9-7-14)22-17(24)12-21-18(25)26-19(3,4)5/h6-9,13H,10-12H2,1-5H3,(H,20,23)(H,21,25)(H,22,24). The molecule has 0 aliphatic heterocycles. The largest absolute Gasteiger partial charge is 0.444 e. The van der Waals surface area contributed by atoms with Crippen molar-refractivity contribution in [2.45, 2.75) is 53.2 Å². The van der Waals surface area contributed by atoms with E-state index in [0.717, 1.165) is 5.56 Å². The normalized spacial score (nSPS) is 11.0. The van der Waals surface area contributed by atoms with Crippen molar-refractivity contribution in [2.24, 2.45) is 5.92 Å². The molecule has 0 atom stereocenters. The van der Waals surface area contributed by atoms with Crippen molar-refractivity contribution in [1.82, 2.24) is 10.6 Å². The molecule has 144 valence electrons. The average Bonchev–Trinajstić information content (AvgIpc) is 2.50. The van der Waals surface area contributed by atoms with Crippen molar-refractivity contribution in [3.05, 3.63) is 29.8 Å². The second kappa shape index (κ2) is 9.79. The van der Waals surface area contributed by atoms with Crippen molar-refractivity contribution >= 4 is 23.6 Å². The van der Waals surface area contributed by atoms with Crippen LogP contribution in [0, 0.1) is 5.92 Å². The molecular formula is C19H29N3O4. The molecule has 3 amide bonds. The average molecular weight is 363 g/mol. The molecule has 26 heavy (non-hydrogen) atoms. The van der Waals surface area contributed by atoms with E-state index in [1.165, 1.54) is 0 Å². The fourth-order valence-corrected chi connectivity index (χ4v) is 2.02. The quantitative estimate of drug-likeness (QED) is 0.694. The highest BCUT2D eigenvalue weighted by Crippen LogP contribution is 2.10. The molecule has 3 N–H and O–H groups in total. The van der Waals surface area contributed by atoms with E-state index in [-0.39, 0.29) is 18.4 Å². The van der Waals surface area contributed by atoms with Gasteiger partial charge in [0.1, 0.15) is 12.1 Å². The number of carbonyl (C=O) groups excluding carboxylic acids is 3. The van der Waals surface area contributed by atoms with E-state index in [0.29, 0.717) is 24.6 Å². The van der Waals surface area contributed by atoms with Crippen molar-refractivity contribution in [2.75, 3.05) is 11.9 Å². The molecule has 0 fully saturated rings. The number of ether oxygens (including phenoxy) is 1. The van der Waals surface area contributed by atoms with Gasteiger partial charge in [-0.25, -0.2) is 4.79 Å². The topological polar surface area (TPSA) is 96.5 Å². The lowest BCUT2D eigenvalue weighted by atomic mass is 10.1. The molecule has 7 heteroatoms. The maximum Gasteiger partial charge on any atom is 0.408 e. The molecule has 0 radical (unpaired) electrons. The summed E-state index contributed by atoms with van der Waals surface area (Å²) in [5.74, 6) is -0.0127. The molecular weight excluding hydrogens is 334 g/mol. The van der Waals surface area contributed by atoms with Gasteiger partial charge in [-0.2, -0.15) is 0 Å². The van der Waals surface area contributed by atoms with Crippen molar-refractivity contribution in [3.8, 4) is 0 Å². The van der Waals surface area contributed by atoms with E-state index in [1.807, 2.05) is 26.0 Å². The van der Waals surface area contributed by atoms with Crippen LogP contribution in [0.2, 0.25) is 0 Å². The van der Waals surface area contributed by atoms with Gasteiger partial charge in [-0.15, -0.1) is 0 Å². The first-order valence-electron chi connectivity index (χ1n) is 8.67. The molecule has 7 nitrogen and oxygen atoms in total. The van der Waals surface area contributed by atoms with Crippen LogP contribution in [-0.4, -0.2) is 30.1 Å². The third kappa shape index (κ3) is 9.66. The SMILES string of the molecule is CC(C)CC(=O)NCc1ccc(NC(=O)CNC(=O)OC(C)(C)C)cc1. The highest BCUT2D eigenvalue weighted by molar-refractivity contribution is 5.93. The van der Waals surface area contributed by atoms with Gasteiger partial charge in [-0.1, -0.05) is 26.0 Å². The van der Waals surface area contributed by atoms with Gasteiger partial charge in [0.25, 0.3) is 0 Å². The Kier molecular flexibility index (Phi) is 8.09. The lowest BCUT2D eigenvalue weighted by molar-refractivity contribution is -0.122. The summed E-state index contributed by atoms with van der Waals surface area (Å²) in [6, 6.07) is 7.14. The number of amides is 3. The minimum Gasteiger partial charge on any atom is -0.444 e. The fourth-order valence-electron chi connectivity index (χ4n) is 2.02. The van der Waals surface area contributed by atoms with Gasteiger partial charge in [-0.05, 0) is 44.4 Å². The van der Waals surface area contributed by atoms with Crippen LogP contribution in [0.15, 0.2) is 24.3 Å². The van der Waals surface area contributed by atoms with E-state index >= 15 is 0 Å². The highest BCUT2D eigenvalue weighted by Gasteiger charge is 2.16. The van der Waals surface area contributed by atoms with Crippen LogP contribution in [0.1, 0.15) is 46.6 Å². The number of benzene rings is 1. The van der Waals surface area contributed by atoms with E-state index < -0.39 is 11.7 Å². The summed E-state index contributed by atoms with van der Waals surface area (Å²) < 4.78 is 5.06. The third-order valence-electron chi connectivity index (χ3n) is 3.11. The number of hydrogen-bond acceptors (Lipinski definition) is 4. The zero-order valence-corrected chi connectivity index (χ0v) is 16.1. The van der Waals surface area contributed by atoms with Gasteiger partial charge in [0, 0.05) is 18.7 Å². The minimum absolute atomic E-state index is 0.0191. The molecule has 0 unspecified atom stereocenters. The summed E-state index contributed by atoms with van der Waals surface area (Å²) in [5.41, 5.74) is 0.936. The first-order valence-corrected chi connectivity index (χ1v) is 8.67. The first-order chi connectivity index (χ1) is 12.0. The highest BCUT2D eigenvalue weighted by atomic mass is 16.6. The van der Waals surface area contributed by atoms with Crippen LogP contribution < -0.4 is 16.0 Å². The van der Waals surface area contributed by atoms with Crippen LogP contribution >= 0.6 is 0 Å². The molecule has 1 aromatic rings. The molecule has 0 spiro atoms. The summed E-state index contributed by atoms with van der Waals surface area (Å²) in [6.45, 7) is 9.50. The lowest BCUT2D eigenvalue weighted by Crippen LogP contribution is -2.37. The molecule has 0 aromatic heterocycles. The molecule has 0 aliphatic carbocycles. The van der Waals surface area contributed by atoms with Crippen LogP contribution in [0.5, 0.6) is 0 Å². The summed E-state index contributed by atoms with van der Waals surface area (Å²) >= 11 is 0. The Morgan fingerprint density at radius 2 is 1.62 bits per heavy atom. The number of carbonyl (C=O) groups is 3. The lowest BCUT2D eigenvalue weighted by Gasteiger charge is -2.19. The summed E-state index contributed by atoms with van der Waals surface area (Å²) in [7, 11) is 0. The Morgan fingerprint density at radius 3 is 2.15 bits per heavy atom. The molecule has 0 heterocycles. The number of rotatable bonds is 7. The summed E-state index contributed by atoms with van der Waals surface area (Å²) in [5, 5.41) is 7.93.